The number of hydrogen-bond donors (Lipinski definition) is 0. The highest BCUT2D eigenvalue weighted by Gasteiger charge is 2.36. The second-order valence-corrected chi connectivity index (χ2v) is 4.56. The zero-order valence-electron chi connectivity index (χ0n) is 9.41. The molecule has 1 aromatic carbocycles. The van der Waals surface area contributed by atoms with Crippen molar-refractivity contribution in [2.75, 3.05) is 0 Å². The van der Waals surface area contributed by atoms with Gasteiger partial charge < -0.3 is 0 Å². The summed E-state index contributed by atoms with van der Waals surface area (Å²) in [5, 5.41) is 0. The summed E-state index contributed by atoms with van der Waals surface area (Å²) in [6, 6.07) is 8.02. The fraction of sp³-hybridized carbons (Fsp3) is 0.0769. The second kappa shape index (κ2) is 5.13. The number of ketones is 1. The van der Waals surface area contributed by atoms with Crippen molar-refractivity contribution in [1.82, 2.24) is 4.98 Å². The minimum Gasteiger partial charge on any atom is -0.287 e. The number of rotatable bonds is 2. The first-order valence-corrected chi connectivity index (χ1v) is 6.02. The highest BCUT2D eigenvalue weighted by molar-refractivity contribution is 9.10. The third kappa shape index (κ3) is 2.84. The lowest BCUT2D eigenvalue weighted by Crippen LogP contribution is -2.15. The van der Waals surface area contributed by atoms with Crippen molar-refractivity contribution in [2.45, 2.75) is 6.18 Å². The van der Waals surface area contributed by atoms with Gasteiger partial charge in [-0.05, 0) is 24.3 Å². The van der Waals surface area contributed by atoms with Crippen LogP contribution in [0.5, 0.6) is 0 Å². The first-order chi connectivity index (χ1) is 8.91. The highest BCUT2D eigenvalue weighted by atomic mass is 79.9. The first-order valence-electron chi connectivity index (χ1n) is 5.22. The van der Waals surface area contributed by atoms with Gasteiger partial charge in [0.1, 0.15) is 5.69 Å². The van der Waals surface area contributed by atoms with Crippen molar-refractivity contribution in [3.05, 3.63) is 63.9 Å². The molecular weight excluding hydrogens is 323 g/mol. The van der Waals surface area contributed by atoms with Crippen LogP contribution in [-0.4, -0.2) is 10.8 Å². The molecule has 0 aliphatic carbocycles. The molecule has 0 radical (unpaired) electrons. The molecule has 0 aliphatic rings. The standard InChI is InChI=1S/C13H7BrF3NO/c14-9-5-3-4-8(13(15,16)17)11(9)12(19)10-6-1-2-7-18-10/h1-7H. The molecule has 0 aliphatic heterocycles. The van der Waals surface area contributed by atoms with E-state index in [1.165, 1.54) is 24.4 Å². The van der Waals surface area contributed by atoms with E-state index in [2.05, 4.69) is 20.9 Å². The zero-order valence-corrected chi connectivity index (χ0v) is 11.0. The maximum atomic E-state index is 12.9. The van der Waals surface area contributed by atoms with Crippen LogP contribution in [0.3, 0.4) is 0 Å². The number of aromatic nitrogens is 1. The van der Waals surface area contributed by atoms with E-state index in [1.807, 2.05) is 0 Å². The van der Waals surface area contributed by atoms with Gasteiger partial charge in [0.05, 0.1) is 11.1 Å². The molecule has 2 aromatic rings. The van der Waals surface area contributed by atoms with Crippen LogP contribution in [0.1, 0.15) is 21.6 Å². The van der Waals surface area contributed by atoms with Crippen molar-refractivity contribution >= 4 is 21.7 Å². The molecule has 0 fully saturated rings. The minimum absolute atomic E-state index is 0.0279. The van der Waals surface area contributed by atoms with Crippen LogP contribution >= 0.6 is 15.9 Å². The van der Waals surface area contributed by atoms with Crippen molar-refractivity contribution < 1.29 is 18.0 Å². The molecule has 2 nitrogen and oxygen atoms in total. The summed E-state index contributed by atoms with van der Waals surface area (Å²) in [7, 11) is 0. The lowest BCUT2D eigenvalue weighted by atomic mass is 10.0. The molecule has 0 saturated carbocycles. The van der Waals surface area contributed by atoms with Gasteiger partial charge in [-0.1, -0.05) is 28.1 Å². The van der Waals surface area contributed by atoms with Gasteiger partial charge >= 0.3 is 6.18 Å². The Morgan fingerprint density at radius 3 is 2.42 bits per heavy atom. The van der Waals surface area contributed by atoms with E-state index in [4.69, 9.17) is 0 Å². The number of benzene rings is 1. The Labute approximate surface area is 115 Å². The Kier molecular flexibility index (Phi) is 3.71. The fourth-order valence-corrected chi connectivity index (χ4v) is 2.16. The van der Waals surface area contributed by atoms with Gasteiger partial charge in [0.2, 0.25) is 5.78 Å². The maximum Gasteiger partial charge on any atom is 0.417 e. The molecule has 0 atom stereocenters. The molecule has 19 heavy (non-hydrogen) atoms. The molecule has 0 amide bonds. The second-order valence-electron chi connectivity index (χ2n) is 3.70. The Balaban J connectivity index is 2.60. The average Bonchev–Trinajstić information content (AvgIpc) is 2.37. The molecule has 0 N–H and O–H groups in total. The van der Waals surface area contributed by atoms with Crippen LogP contribution in [0, 0.1) is 0 Å². The Morgan fingerprint density at radius 2 is 1.84 bits per heavy atom. The Hall–Kier alpha value is -1.69. The third-order valence-electron chi connectivity index (χ3n) is 2.44. The fourth-order valence-electron chi connectivity index (χ4n) is 1.62. The molecule has 0 spiro atoms. The minimum atomic E-state index is -4.59. The smallest absolute Gasteiger partial charge is 0.287 e. The number of alkyl halides is 3. The quantitative estimate of drug-likeness (QED) is 0.776. The van der Waals surface area contributed by atoms with E-state index in [1.54, 1.807) is 12.1 Å². The van der Waals surface area contributed by atoms with Gasteiger partial charge in [-0.25, -0.2) is 0 Å². The van der Waals surface area contributed by atoms with E-state index in [0.29, 0.717) is 0 Å². The number of nitrogens with zero attached hydrogens (tertiary/aromatic N) is 1. The van der Waals surface area contributed by atoms with E-state index in [9.17, 15) is 18.0 Å². The van der Waals surface area contributed by atoms with E-state index >= 15 is 0 Å². The summed E-state index contributed by atoms with van der Waals surface area (Å²) < 4.78 is 38.8. The highest BCUT2D eigenvalue weighted by Crippen LogP contribution is 2.35. The molecule has 0 unspecified atom stereocenters. The summed E-state index contributed by atoms with van der Waals surface area (Å²) in [6.45, 7) is 0. The van der Waals surface area contributed by atoms with Gasteiger partial charge in [0.15, 0.2) is 0 Å². The summed E-state index contributed by atoms with van der Waals surface area (Å²) in [6.07, 6.45) is -3.24. The van der Waals surface area contributed by atoms with Crippen LogP contribution in [0.4, 0.5) is 13.2 Å². The van der Waals surface area contributed by atoms with Crippen LogP contribution in [0.25, 0.3) is 0 Å². The topological polar surface area (TPSA) is 30.0 Å². The summed E-state index contributed by atoms with van der Waals surface area (Å²) in [4.78, 5) is 15.9. The molecule has 1 heterocycles. The van der Waals surface area contributed by atoms with Gasteiger partial charge in [0, 0.05) is 10.7 Å². The zero-order chi connectivity index (χ0) is 14.0. The predicted octanol–water partition coefficient (Wildman–Crippen LogP) is 4.09. The molecule has 0 saturated heterocycles. The number of carbonyl (C=O) groups is 1. The van der Waals surface area contributed by atoms with Crippen LogP contribution < -0.4 is 0 Å². The van der Waals surface area contributed by atoms with Gasteiger partial charge in [-0.2, -0.15) is 13.2 Å². The van der Waals surface area contributed by atoms with Crippen LogP contribution in [0.2, 0.25) is 0 Å². The monoisotopic (exact) mass is 329 g/mol. The molecule has 98 valence electrons. The Morgan fingerprint density at radius 1 is 1.11 bits per heavy atom. The van der Waals surface area contributed by atoms with E-state index in [0.717, 1.165) is 6.07 Å². The summed E-state index contributed by atoms with van der Waals surface area (Å²) in [5.74, 6) is -0.764. The molecule has 1 aromatic heterocycles. The number of halogens is 4. The van der Waals surface area contributed by atoms with Gasteiger partial charge in [-0.3, -0.25) is 9.78 Å². The summed E-state index contributed by atoms with van der Waals surface area (Å²) in [5.41, 5.74) is -1.42. The number of carbonyl (C=O) groups excluding carboxylic acids is 1. The van der Waals surface area contributed by atoms with Crippen molar-refractivity contribution in [1.29, 1.82) is 0 Å². The summed E-state index contributed by atoms with van der Waals surface area (Å²) >= 11 is 2.99. The van der Waals surface area contributed by atoms with Crippen LogP contribution in [0.15, 0.2) is 47.1 Å². The average molecular weight is 330 g/mol. The molecule has 0 bridgehead atoms. The SMILES string of the molecule is O=C(c1ccccn1)c1c(Br)cccc1C(F)(F)F. The largest absolute Gasteiger partial charge is 0.417 e. The molecule has 6 heteroatoms. The maximum absolute atomic E-state index is 12.9. The van der Waals surface area contributed by atoms with Gasteiger partial charge in [0.25, 0.3) is 0 Å². The first kappa shape index (κ1) is 13.7. The normalized spacial score (nSPS) is 11.4. The molecular formula is C13H7BrF3NO. The van der Waals surface area contributed by atoms with Crippen molar-refractivity contribution in [3.63, 3.8) is 0 Å². The van der Waals surface area contributed by atoms with E-state index < -0.39 is 23.1 Å². The van der Waals surface area contributed by atoms with E-state index in [-0.39, 0.29) is 10.2 Å². The van der Waals surface area contributed by atoms with Crippen LogP contribution in [-0.2, 0) is 6.18 Å². The Bertz CT molecular complexity index is 611. The van der Waals surface area contributed by atoms with Gasteiger partial charge in [-0.15, -0.1) is 0 Å². The lowest BCUT2D eigenvalue weighted by molar-refractivity contribution is -0.137. The van der Waals surface area contributed by atoms with Crippen molar-refractivity contribution in [3.8, 4) is 0 Å². The number of hydrogen-bond acceptors (Lipinski definition) is 2. The van der Waals surface area contributed by atoms with Crippen molar-refractivity contribution in [2.24, 2.45) is 0 Å². The third-order valence-corrected chi connectivity index (χ3v) is 3.10. The molecule has 2 rings (SSSR count). The predicted molar refractivity (Wildman–Crippen MR) is 66.8 cm³/mol. The lowest BCUT2D eigenvalue weighted by Gasteiger charge is -2.13. The number of pyridine rings is 1.